The first-order valence-electron chi connectivity index (χ1n) is 6.65. The maximum atomic E-state index is 10.7. The van der Waals surface area contributed by atoms with Crippen LogP contribution in [0.3, 0.4) is 0 Å². The zero-order valence-corrected chi connectivity index (χ0v) is 12.7. The summed E-state index contributed by atoms with van der Waals surface area (Å²) in [6.45, 7) is 0. The van der Waals surface area contributed by atoms with Gasteiger partial charge in [-0.1, -0.05) is 36.4 Å². The van der Waals surface area contributed by atoms with Crippen molar-refractivity contribution in [1.82, 2.24) is 0 Å². The van der Waals surface area contributed by atoms with Gasteiger partial charge in [-0.2, -0.15) is 21.6 Å². The van der Waals surface area contributed by atoms with Crippen molar-refractivity contribution in [2.75, 3.05) is 5.32 Å². The van der Waals surface area contributed by atoms with E-state index in [9.17, 15) is 13.2 Å². The van der Waals surface area contributed by atoms with Crippen molar-refractivity contribution in [3.05, 3.63) is 59.7 Å². The summed E-state index contributed by atoms with van der Waals surface area (Å²) >= 11 is 0. The number of alkyl halides is 3. The molecule has 2 aromatic rings. The molecule has 8 heteroatoms. The SMILES string of the molecule is O=S(=O)(O)C(F)(F)F.c1ccc2c(c1)CCc1ccccc1N2. The Bertz CT molecular complexity index is 743. The van der Waals surface area contributed by atoms with Crippen molar-refractivity contribution in [2.45, 2.75) is 18.3 Å². The van der Waals surface area contributed by atoms with E-state index >= 15 is 0 Å². The molecule has 2 N–H and O–H groups in total. The molecular weight excluding hydrogens is 331 g/mol. The number of benzene rings is 2. The fourth-order valence-corrected chi connectivity index (χ4v) is 2.13. The lowest BCUT2D eigenvalue weighted by atomic mass is 10.0. The van der Waals surface area contributed by atoms with E-state index in [1.165, 1.54) is 22.5 Å². The molecular formula is C15H14F3NO3S. The molecule has 0 atom stereocenters. The molecule has 0 aromatic heterocycles. The third-order valence-electron chi connectivity index (χ3n) is 3.26. The highest BCUT2D eigenvalue weighted by Gasteiger charge is 2.44. The number of hydrogen-bond acceptors (Lipinski definition) is 3. The van der Waals surface area contributed by atoms with Crippen LogP contribution in [0.1, 0.15) is 11.1 Å². The molecule has 0 spiro atoms. The number of fused-ring (bicyclic) bond motifs is 2. The maximum absolute atomic E-state index is 10.7. The monoisotopic (exact) mass is 345 g/mol. The molecule has 0 radical (unpaired) electrons. The molecule has 1 aliphatic heterocycles. The lowest BCUT2D eigenvalue weighted by Crippen LogP contribution is -2.21. The van der Waals surface area contributed by atoms with Crippen LogP contribution in [-0.4, -0.2) is 18.5 Å². The van der Waals surface area contributed by atoms with Gasteiger partial charge in [0.1, 0.15) is 0 Å². The summed E-state index contributed by atoms with van der Waals surface area (Å²) in [6.07, 6.45) is 2.25. The van der Waals surface area contributed by atoms with Gasteiger partial charge in [0.15, 0.2) is 0 Å². The molecule has 0 fully saturated rings. The predicted molar refractivity (Wildman–Crippen MR) is 81.2 cm³/mol. The van der Waals surface area contributed by atoms with Gasteiger partial charge in [0.05, 0.1) is 0 Å². The van der Waals surface area contributed by atoms with E-state index in [1.807, 2.05) is 0 Å². The summed E-state index contributed by atoms with van der Waals surface area (Å²) in [6, 6.07) is 17.1. The van der Waals surface area contributed by atoms with Crippen LogP contribution < -0.4 is 5.32 Å². The summed E-state index contributed by atoms with van der Waals surface area (Å²) in [5, 5.41) is 3.50. The van der Waals surface area contributed by atoms with Crippen LogP contribution in [0.25, 0.3) is 0 Å². The first kappa shape index (κ1) is 17.3. The standard InChI is InChI=1S/C14H13N.CHF3O3S/c1-3-7-13-11(5-1)9-10-12-6-2-4-8-14(12)15-13;2-1(3,4)8(5,6)7/h1-8,15H,9-10H2;(H,5,6,7). The number of para-hydroxylation sites is 2. The Labute approximate surface area is 131 Å². The van der Waals surface area contributed by atoms with Crippen LogP contribution >= 0.6 is 0 Å². The molecule has 0 saturated carbocycles. The fourth-order valence-electron chi connectivity index (χ4n) is 2.13. The number of nitrogens with one attached hydrogen (secondary N) is 1. The molecule has 0 amide bonds. The first-order chi connectivity index (χ1) is 10.7. The van der Waals surface area contributed by atoms with Crippen LogP contribution in [0.4, 0.5) is 24.5 Å². The minimum atomic E-state index is -5.84. The Morgan fingerprint density at radius 1 is 0.870 bits per heavy atom. The summed E-state index contributed by atoms with van der Waals surface area (Å²) < 4.78 is 57.5. The normalized spacial score (nSPS) is 13.6. The van der Waals surface area contributed by atoms with Crippen molar-refractivity contribution in [1.29, 1.82) is 0 Å². The summed E-state index contributed by atoms with van der Waals surface area (Å²) in [5.74, 6) is 0. The highest BCUT2D eigenvalue weighted by Crippen LogP contribution is 2.29. The summed E-state index contributed by atoms with van der Waals surface area (Å²) in [7, 11) is -5.84. The Kier molecular flexibility index (Phi) is 4.96. The van der Waals surface area contributed by atoms with Gasteiger partial charge >= 0.3 is 15.6 Å². The molecule has 3 rings (SSSR count). The van der Waals surface area contributed by atoms with Gasteiger partial charge in [0.25, 0.3) is 0 Å². The zero-order valence-electron chi connectivity index (χ0n) is 11.8. The van der Waals surface area contributed by atoms with Crippen molar-refractivity contribution in [2.24, 2.45) is 0 Å². The third-order valence-corrected chi connectivity index (χ3v) is 3.85. The number of anilines is 2. The van der Waals surface area contributed by atoms with Gasteiger partial charge in [-0.15, -0.1) is 0 Å². The number of aryl methyl sites for hydroxylation is 2. The maximum Gasteiger partial charge on any atom is 0.522 e. The van der Waals surface area contributed by atoms with Gasteiger partial charge in [-0.05, 0) is 36.1 Å². The van der Waals surface area contributed by atoms with E-state index in [0.29, 0.717) is 0 Å². The average molecular weight is 345 g/mol. The molecule has 0 bridgehead atoms. The van der Waals surface area contributed by atoms with E-state index in [4.69, 9.17) is 13.0 Å². The Morgan fingerprint density at radius 2 is 1.22 bits per heavy atom. The molecule has 124 valence electrons. The van der Waals surface area contributed by atoms with Gasteiger partial charge in [-0.3, -0.25) is 4.55 Å². The van der Waals surface area contributed by atoms with Crippen LogP contribution in [0.2, 0.25) is 0 Å². The lowest BCUT2D eigenvalue weighted by molar-refractivity contribution is -0.0510. The second-order valence-electron chi connectivity index (χ2n) is 4.86. The van der Waals surface area contributed by atoms with E-state index in [0.717, 1.165) is 12.8 Å². The summed E-state index contributed by atoms with van der Waals surface area (Å²) in [5.41, 5.74) is -0.209. The average Bonchev–Trinajstić information content (AvgIpc) is 2.65. The Hall–Kier alpha value is -2.06. The van der Waals surface area contributed by atoms with Crippen LogP contribution in [-0.2, 0) is 23.0 Å². The zero-order chi connectivity index (χ0) is 17.1. The number of rotatable bonds is 0. The van der Waals surface area contributed by atoms with Crippen molar-refractivity contribution >= 4 is 21.5 Å². The van der Waals surface area contributed by atoms with Gasteiger partial charge in [0.2, 0.25) is 0 Å². The Balaban J connectivity index is 0.000000207. The van der Waals surface area contributed by atoms with Crippen molar-refractivity contribution < 1.29 is 26.1 Å². The molecule has 0 unspecified atom stereocenters. The van der Waals surface area contributed by atoms with Gasteiger partial charge in [0, 0.05) is 11.4 Å². The topological polar surface area (TPSA) is 66.4 Å². The smallest absolute Gasteiger partial charge is 0.355 e. The Morgan fingerprint density at radius 3 is 1.57 bits per heavy atom. The number of halogens is 3. The molecule has 1 aliphatic rings. The minimum absolute atomic E-state index is 1.13. The molecule has 0 aliphatic carbocycles. The largest absolute Gasteiger partial charge is 0.522 e. The van der Waals surface area contributed by atoms with Gasteiger partial charge in [-0.25, -0.2) is 0 Å². The van der Waals surface area contributed by atoms with E-state index in [-0.39, 0.29) is 0 Å². The highest BCUT2D eigenvalue weighted by atomic mass is 32.2. The molecule has 0 saturated heterocycles. The van der Waals surface area contributed by atoms with Crippen LogP contribution in [0.15, 0.2) is 48.5 Å². The molecule has 23 heavy (non-hydrogen) atoms. The molecule has 1 heterocycles. The van der Waals surface area contributed by atoms with Gasteiger partial charge < -0.3 is 5.32 Å². The molecule has 2 aromatic carbocycles. The lowest BCUT2D eigenvalue weighted by Gasteiger charge is -2.08. The fraction of sp³-hybridized carbons (Fsp3) is 0.200. The van der Waals surface area contributed by atoms with E-state index < -0.39 is 15.6 Å². The highest BCUT2D eigenvalue weighted by molar-refractivity contribution is 7.86. The second kappa shape index (κ2) is 6.59. The third kappa shape index (κ3) is 4.46. The molecule has 4 nitrogen and oxygen atoms in total. The van der Waals surface area contributed by atoms with E-state index in [2.05, 4.69) is 53.8 Å². The van der Waals surface area contributed by atoms with Crippen LogP contribution in [0.5, 0.6) is 0 Å². The van der Waals surface area contributed by atoms with Crippen LogP contribution in [0, 0.1) is 0 Å². The van der Waals surface area contributed by atoms with Crippen molar-refractivity contribution in [3.63, 3.8) is 0 Å². The summed E-state index contributed by atoms with van der Waals surface area (Å²) in [4.78, 5) is 0. The minimum Gasteiger partial charge on any atom is -0.355 e. The first-order valence-corrected chi connectivity index (χ1v) is 8.09. The van der Waals surface area contributed by atoms with Crippen molar-refractivity contribution in [3.8, 4) is 0 Å². The predicted octanol–water partition coefficient (Wildman–Crippen LogP) is 3.92. The van der Waals surface area contributed by atoms with E-state index in [1.54, 1.807) is 0 Å². The number of hydrogen-bond donors (Lipinski definition) is 2. The second-order valence-corrected chi connectivity index (χ2v) is 6.27. The quantitative estimate of drug-likeness (QED) is 0.561.